The molecule has 0 radical (unpaired) electrons. The number of aryl methyl sites for hydroxylation is 1. The number of nitrogens with zero attached hydrogens (tertiary/aromatic N) is 2. The number of anilines is 1. The highest BCUT2D eigenvalue weighted by Crippen LogP contribution is 2.38. The SMILES string of the molecule is CN1CCC=C2c3nc(N)sc3CC[C@@H]21.O=C(O)/C=C\C(=O)O. The van der Waals surface area contributed by atoms with Crippen LogP contribution in [0.15, 0.2) is 18.2 Å². The molecule has 0 saturated heterocycles. The van der Waals surface area contributed by atoms with Crippen molar-refractivity contribution in [3.8, 4) is 0 Å². The van der Waals surface area contributed by atoms with E-state index in [4.69, 9.17) is 15.9 Å². The molecule has 2 aliphatic rings. The molecule has 0 amide bonds. The minimum Gasteiger partial charge on any atom is -0.478 e. The number of aliphatic carboxylic acids is 2. The molecule has 4 N–H and O–H groups in total. The maximum atomic E-state index is 9.55. The van der Waals surface area contributed by atoms with Gasteiger partial charge >= 0.3 is 11.9 Å². The maximum Gasteiger partial charge on any atom is 0.328 e. The average Bonchev–Trinajstić information content (AvgIpc) is 2.87. The monoisotopic (exact) mass is 337 g/mol. The van der Waals surface area contributed by atoms with Crippen molar-refractivity contribution in [3.05, 3.63) is 28.8 Å². The summed E-state index contributed by atoms with van der Waals surface area (Å²) in [7, 11) is 2.21. The molecule has 0 unspecified atom stereocenters. The number of fused-ring (bicyclic) bond motifs is 3. The molecule has 1 aliphatic carbocycles. The fourth-order valence-electron chi connectivity index (χ4n) is 2.76. The van der Waals surface area contributed by atoms with Crippen molar-refractivity contribution in [3.63, 3.8) is 0 Å². The lowest BCUT2D eigenvalue weighted by molar-refractivity contribution is -0.134. The zero-order valence-electron chi connectivity index (χ0n) is 12.7. The first-order valence-corrected chi connectivity index (χ1v) is 8.00. The lowest BCUT2D eigenvalue weighted by Crippen LogP contribution is -2.38. The molecule has 2 heterocycles. The predicted octanol–water partition coefficient (Wildman–Crippen LogP) is 1.47. The molecule has 1 aromatic heterocycles. The Morgan fingerprint density at radius 1 is 1.39 bits per heavy atom. The third-order valence-electron chi connectivity index (χ3n) is 3.74. The van der Waals surface area contributed by atoms with E-state index in [0.717, 1.165) is 18.0 Å². The summed E-state index contributed by atoms with van der Waals surface area (Å²) in [5.74, 6) is -2.51. The van der Waals surface area contributed by atoms with Crippen LogP contribution >= 0.6 is 11.3 Å². The van der Waals surface area contributed by atoms with Gasteiger partial charge in [0.15, 0.2) is 5.13 Å². The van der Waals surface area contributed by atoms with E-state index in [0.29, 0.717) is 18.2 Å². The number of thiazole rings is 1. The van der Waals surface area contributed by atoms with Crippen LogP contribution in [0.5, 0.6) is 0 Å². The Kier molecular flexibility index (Phi) is 5.51. The van der Waals surface area contributed by atoms with Crippen LogP contribution in [0.3, 0.4) is 0 Å². The molecule has 0 spiro atoms. The minimum absolute atomic E-state index is 0.558. The van der Waals surface area contributed by atoms with E-state index in [1.54, 1.807) is 11.3 Å². The second-order valence-electron chi connectivity index (χ2n) is 5.32. The summed E-state index contributed by atoms with van der Waals surface area (Å²) in [6.07, 6.45) is 6.96. The number of rotatable bonds is 2. The molecule has 7 nitrogen and oxygen atoms in total. The van der Waals surface area contributed by atoms with Crippen LogP contribution in [0.4, 0.5) is 5.13 Å². The zero-order chi connectivity index (χ0) is 17.0. The predicted molar refractivity (Wildman–Crippen MR) is 88.3 cm³/mol. The van der Waals surface area contributed by atoms with Gasteiger partial charge in [-0.2, -0.15) is 0 Å². The number of likely N-dealkylation sites (N-methyl/N-ethyl adjacent to an activating group) is 1. The Balaban J connectivity index is 0.000000207. The number of nitrogens with two attached hydrogens (primary N) is 1. The lowest BCUT2D eigenvalue weighted by Gasteiger charge is -2.35. The van der Waals surface area contributed by atoms with Crippen LogP contribution in [0.25, 0.3) is 5.57 Å². The summed E-state index contributed by atoms with van der Waals surface area (Å²) in [6, 6.07) is 0.577. The van der Waals surface area contributed by atoms with Gasteiger partial charge in [0.25, 0.3) is 0 Å². The average molecular weight is 337 g/mol. The van der Waals surface area contributed by atoms with Crippen LogP contribution in [0, 0.1) is 0 Å². The van der Waals surface area contributed by atoms with Crippen LogP contribution in [0.2, 0.25) is 0 Å². The van der Waals surface area contributed by atoms with Crippen molar-refractivity contribution in [2.75, 3.05) is 19.3 Å². The molecular formula is C15H19N3O4S. The molecule has 3 rings (SSSR count). The van der Waals surface area contributed by atoms with Gasteiger partial charge < -0.3 is 15.9 Å². The number of carboxylic acids is 2. The zero-order valence-corrected chi connectivity index (χ0v) is 13.5. The number of hydrogen-bond acceptors (Lipinski definition) is 6. The fraction of sp³-hybridized carbons (Fsp3) is 0.400. The molecule has 23 heavy (non-hydrogen) atoms. The summed E-state index contributed by atoms with van der Waals surface area (Å²) in [5, 5.41) is 16.3. The van der Waals surface area contributed by atoms with Crippen LogP contribution < -0.4 is 5.73 Å². The first-order valence-electron chi connectivity index (χ1n) is 7.18. The summed E-state index contributed by atoms with van der Waals surface area (Å²) in [4.78, 5) is 27.4. The van der Waals surface area contributed by atoms with E-state index in [-0.39, 0.29) is 0 Å². The molecule has 0 saturated carbocycles. The lowest BCUT2D eigenvalue weighted by atomic mass is 9.88. The molecule has 1 aromatic rings. The standard InChI is InChI=1S/C11H15N3S.C4H4O4/c1-14-6-2-3-7-8(14)4-5-9-10(7)13-11(12)15-9;5-3(6)1-2-4(7)8/h3,8H,2,4-6H2,1H3,(H2,12,13);1-2H,(H,5,6)(H,7,8)/b;2-1-/t8-;/m0./s1. The van der Waals surface area contributed by atoms with Gasteiger partial charge in [0.1, 0.15) is 0 Å². The Morgan fingerprint density at radius 3 is 2.65 bits per heavy atom. The summed E-state index contributed by atoms with van der Waals surface area (Å²) in [5.41, 5.74) is 8.38. The van der Waals surface area contributed by atoms with Crippen molar-refractivity contribution in [2.45, 2.75) is 25.3 Å². The number of nitrogen functional groups attached to an aromatic ring is 1. The molecule has 0 aromatic carbocycles. The highest BCUT2D eigenvalue weighted by atomic mass is 32.1. The van der Waals surface area contributed by atoms with E-state index < -0.39 is 11.9 Å². The van der Waals surface area contributed by atoms with Crippen LogP contribution in [0.1, 0.15) is 23.4 Å². The first-order chi connectivity index (χ1) is 10.9. The van der Waals surface area contributed by atoms with Gasteiger partial charge in [-0.3, -0.25) is 4.90 Å². The third-order valence-corrected chi connectivity index (χ3v) is 4.68. The number of hydrogen-bond donors (Lipinski definition) is 3. The van der Waals surface area contributed by atoms with Gasteiger partial charge in [-0.05, 0) is 31.9 Å². The van der Waals surface area contributed by atoms with Gasteiger partial charge in [-0.15, -0.1) is 11.3 Å². The van der Waals surface area contributed by atoms with Gasteiger partial charge in [0.05, 0.1) is 5.69 Å². The van der Waals surface area contributed by atoms with E-state index >= 15 is 0 Å². The Hall–Kier alpha value is -2.19. The van der Waals surface area contributed by atoms with E-state index in [9.17, 15) is 9.59 Å². The third kappa shape index (κ3) is 4.40. The normalized spacial score (nSPS) is 20.0. The highest BCUT2D eigenvalue weighted by molar-refractivity contribution is 7.15. The van der Waals surface area contributed by atoms with Gasteiger partial charge in [-0.25, -0.2) is 14.6 Å². The van der Waals surface area contributed by atoms with Crippen molar-refractivity contribution in [1.82, 2.24) is 9.88 Å². The quantitative estimate of drug-likeness (QED) is 0.700. The minimum atomic E-state index is -1.26. The van der Waals surface area contributed by atoms with Crippen molar-refractivity contribution in [2.24, 2.45) is 0 Å². The summed E-state index contributed by atoms with van der Waals surface area (Å²) >= 11 is 1.65. The summed E-state index contributed by atoms with van der Waals surface area (Å²) in [6.45, 7) is 1.17. The fourth-order valence-corrected chi connectivity index (χ4v) is 3.63. The van der Waals surface area contributed by atoms with Gasteiger partial charge in [0.2, 0.25) is 0 Å². The largest absolute Gasteiger partial charge is 0.478 e. The molecule has 1 atom stereocenters. The smallest absolute Gasteiger partial charge is 0.328 e. The summed E-state index contributed by atoms with van der Waals surface area (Å²) < 4.78 is 0. The van der Waals surface area contributed by atoms with E-state index in [1.807, 2.05) is 0 Å². The maximum absolute atomic E-state index is 9.55. The van der Waals surface area contributed by atoms with Gasteiger partial charge in [0, 0.05) is 29.6 Å². The van der Waals surface area contributed by atoms with Gasteiger partial charge in [-0.1, -0.05) is 6.08 Å². The highest BCUT2D eigenvalue weighted by Gasteiger charge is 2.31. The molecule has 1 aliphatic heterocycles. The second-order valence-corrected chi connectivity index (χ2v) is 6.43. The topological polar surface area (TPSA) is 117 Å². The number of carboxylic acid groups (broad SMARTS) is 2. The molecular weight excluding hydrogens is 318 g/mol. The second kappa shape index (κ2) is 7.38. The first kappa shape index (κ1) is 17.2. The van der Waals surface area contributed by atoms with Crippen LogP contribution in [-0.2, 0) is 16.0 Å². The number of aromatic nitrogens is 1. The molecule has 0 bridgehead atoms. The molecule has 0 fully saturated rings. The van der Waals surface area contributed by atoms with Crippen molar-refractivity contribution < 1.29 is 19.8 Å². The van der Waals surface area contributed by atoms with E-state index in [1.165, 1.54) is 29.1 Å². The van der Waals surface area contributed by atoms with Crippen molar-refractivity contribution in [1.29, 1.82) is 0 Å². The Labute approximate surface area is 137 Å². The Morgan fingerprint density at radius 2 is 2.04 bits per heavy atom. The number of carbonyl (C=O) groups is 2. The van der Waals surface area contributed by atoms with E-state index in [2.05, 4.69) is 23.0 Å². The van der Waals surface area contributed by atoms with Crippen LogP contribution in [-0.4, -0.2) is 51.7 Å². The Bertz CT molecular complexity index is 650. The molecule has 8 heteroatoms. The molecule has 124 valence electrons. The van der Waals surface area contributed by atoms with Crippen molar-refractivity contribution >= 4 is 34.0 Å².